The zero-order chi connectivity index (χ0) is 19.9. The second kappa shape index (κ2) is 9.40. The minimum Gasteiger partial charge on any atom is -0.496 e. The lowest BCUT2D eigenvalue weighted by atomic mass is 9.88. The van der Waals surface area contributed by atoms with Gasteiger partial charge in [0, 0.05) is 5.56 Å². The molecule has 28 heavy (non-hydrogen) atoms. The summed E-state index contributed by atoms with van der Waals surface area (Å²) in [4.78, 5) is 17.6. The highest BCUT2D eigenvalue weighted by molar-refractivity contribution is 6.03. The van der Waals surface area contributed by atoms with Gasteiger partial charge in [-0.25, -0.2) is 4.79 Å². The highest BCUT2D eigenvalue weighted by Gasteiger charge is 2.19. The van der Waals surface area contributed by atoms with Gasteiger partial charge >= 0.3 is 5.97 Å². The van der Waals surface area contributed by atoms with E-state index in [1.165, 1.54) is 5.56 Å². The molecule has 0 unspecified atom stereocenters. The molecule has 0 amide bonds. The standard InChI is InChI=1S/C23H27NO4/c1-4-5-13-27-19-11-9-17(10-12-19)23(25)28-24-21-8-6-7-18-15-22(26-3)16(2)14-20(18)21/h9-12,14-15H,4-8,13H2,1-3H3/b24-21-. The van der Waals surface area contributed by atoms with Crippen molar-refractivity contribution in [2.24, 2.45) is 5.16 Å². The molecule has 0 saturated heterocycles. The minimum atomic E-state index is -0.468. The fourth-order valence-electron chi connectivity index (χ4n) is 3.27. The number of hydrogen-bond acceptors (Lipinski definition) is 5. The SMILES string of the molecule is CCCCOc1ccc(C(=O)O/N=C2/CCCc3cc(OC)c(C)cc32)cc1. The molecule has 2 aromatic carbocycles. The maximum absolute atomic E-state index is 12.3. The van der Waals surface area contributed by atoms with Crippen molar-refractivity contribution in [1.29, 1.82) is 0 Å². The lowest BCUT2D eigenvalue weighted by molar-refractivity contribution is 0.0515. The highest BCUT2D eigenvalue weighted by atomic mass is 16.7. The molecule has 0 N–H and O–H groups in total. The van der Waals surface area contributed by atoms with Crippen LogP contribution in [-0.2, 0) is 11.3 Å². The van der Waals surface area contributed by atoms with Crippen LogP contribution in [0.1, 0.15) is 59.7 Å². The van der Waals surface area contributed by atoms with Gasteiger partial charge in [0.15, 0.2) is 0 Å². The Morgan fingerprint density at radius 3 is 2.64 bits per heavy atom. The second-order valence-electron chi connectivity index (χ2n) is 6.98. The summed E-state index contributed by atoms with van der Waals surface area (Å²) in [6, 6.07) is 11.1. The Balaban J connectivity index is 1.69. The molecule has 0 spiro atoms. The average Bonchev–Trinajstić information content (AvgIpc) is 2.72. The van der Waals surface area contributed by atoms with Crippen molar-refractivity contribution in [3.05, 3.63) is 58.7 Å². The van der Waals surface area contributed by atoms with Crippen molar-refractivity contribution in [2.75, 3.05) is 13.7 Å². The van der Waals surface area contributed by atoms with Crippen LogP contribution in [0.3, 0.4) is 0 Å². The Hall–Kier alpha value is -2.82. The number of oxime groups is 1. The zero-order valence-electron chi connectivity index (χ0n) is 16.8. The monoisotopic (exact) mass is 381 g/mol. The molecule has 0 atom stereocenters. The van der Waals surface area contributed by atoms with E-state index in [1.54, 1.807) is 31.4 Å². The van der Waals surface area contributed by atoms with Crippen LogP contribution in [0.25, 0.3) is 0 Å². The van der Waals surface area contributed by atoms with E-state index in [0.29, 0.717) is 12.2 Å². The first-order valence-corrected chi connectivity index (χ1v) is 9.81. The summed E-state index contributed by atoms with van der Waals surface area (Å²) < 4.78 is 11.0. The second-order valence-corrected chi connectivity index (χ2v) is 6.98. The van der Waals surface area contributed by atoms with Crippen molar-refractivity contribution in [3.63, 3.8) is 0 Å². The fraction of sp³-hybridized carbons (Fsp3) is 0.391. The third-order valence-electron chi connectivity index (χ3n) is 4.89. The molecule has 0 heterocycles. The number of ether oxygens (including phenoxy) is 2. The molecule has 0 fully saturated rings. The molecule has 148 valence electrons. The van der Waals surface area contributed by atoms with E-state index in [2.05, 4.69) is 24.2 Å². The summed E-state index contributed by atoms with van der Waals surface area (Å²) in [7, 11) is 1.68. The molecular weight excluding hydrogens is 354 g/mol. The minimum absolute atomic E-state index is 0.453. The summed E-state index contributed by atoms with van der Waals surface area (Å²) in [6.45, 7) is 4.80. The normalized spacial score (nSPS) is 14.5. The van der Waals surface area contributed by atoms with Crippen LogP contribution in [0.2, 0.25) is 0 Å². The smallest absolute Gasteiger partial charge is 0.365 e. The van der Waals surface area contributed by atoms with Gasteiger partial charge in [0.25, 0.3) is 0 Å². The molecule has 0 bridgehead atoms. The van der Waals surface area contributed by atoms with Gasteiger partial charge in [-0.05, 0) is 80.1 Å². The lowest BCUT2D eigenvalue weighted by Crippen LogP contribution is -2.14. The van der Waals surface area contributed by atoms with E-state index >= 15 is 0 Å². The molecule has 3 rings (SSSR count). The number of benzene rings is 2. The Labute approximate surface area is 166 Å². The summed E-state index contributed by atoms with van der Waals surface area (Å²) in [5.41, 5.74) is 4.52. The predicted molar refractivity (Wildman–Crippen MR) is 109 cm³/mol. The number of fused-ring (bicyclic) bond motifs is 1. The van der Waals surface area contributed by atoms with Crippen molar-refractivity contribution >= 4 is 11.7 Å². The number of aryl methyl sites for hydroxylation is 2. The van der Waals surface area contributed by atoms with Gasteiger partial charge in [0.05, 0.1) is 25.0 Å². The molecule has 1 aliphatic carbocycles. The molecule has 0 radical (unpaired) electrons. The molecule has 1 aliphatic rings. The van der Waals surface area contributed by atoms with Crippen LogP contribution in [0.4, 0.5) is 0 Å². The van der Waals surface area contributed by atoms with Crippen LogP contribution in [0, 0.1) is 6.92 Å². The number of rotatable bonds is 7. The third-order valence-corrected chi connectivity index (χ3v) is 4.89. The summed E-state index contributed by atoms with van der Waals surface area (Å²) in [5, 5.41) is 4.18. The van der Waals surface area contributed by atoms with Crippen molar-refractivity contribution < 1.29 is 19.1 Å². The highest BCUT2D eigenvalue weighted by Crippen LogP contribution is 2.29. The number of carbonyl (C=O) groups excluding carboxylic acids is 1. The largest absolute Gasteiger partial charge is 0.496 e. The molecule has 0 aromatic heterocycles. The zero-order valence-corrected chi connectivity index (χ0v) is 16.8. The van der Waals surface area contributed by atoms with Gasteiger partial charge in [0.2, 0.25) is 0 Å². The van der Waals surface area contributed by atoms with E-state index in [0.717, 1.165) is 60.4 Å². The van der Waals surface area contributed by atoms with E-state index in [1.807, 2.05) is 6.92 Å². The van der Waals surface area contributed by atoms with E-state index in [-0.39, 0.29) is 0 Å². The van der Waals surface area contributed by atoms with Gasteiger partial charge in [-0.3, -0.25) is 0 Å². The molecule has 5 heteroatoms. The number of methoxy groups -OCH3 is 1. The van der Waals surface area contributed by atoms with Crippen molar-refractivity contribution in [2.45, 2.75) is 46.0 Å². The third kappa shape index (κ3) is 4.71. The Morgan fingerprint density at radius 1 is 1.14 bits per heavy atom. The number of unbranched alkanes of at least 4 members (excludes halogenated alkanes) is 1. The average molecular weight is 381 g/mol. The summed E-state index contributed by atoms with van der Waals surface area (Å²) in [6.07, 6.45) is 4.82. The van der Waals surface area contributed by atoms with E-state index in [9.17, 15) is 4.79 Å². The lowest BCUT2D eigenvalue weighted by Gasteiger charge is -2.19. The first-order valence-electron chi connectivity index (χ1n) is 9.81. The van der Waals surface area contributed by atoms with Crippen molar-refractivity contribution in [3.8, 4) is 11.5 Å². The van der Waals surface area contributed by atoms with Crippen molar-refractivity contribution in [1.82, 2.24) is 0 Å². The van der Waals surface area contributed by atoms with Crippen LogP contribution >= 0.6 is 0 Å². The Morgan fingerprint density at radius 2 is 1.93 bits per heavy atom. The number of carbonyl (C=O) groups is 1. The molecule has 0 aliphatic heterocycles. The van der Waals surface area contributed by atoms with E-state index < -0.39 is 5.97 Å². The van der Waals surface area contributed by atoms with Crippen LogP contribution in [-0.4, -0.2) is 25.4 Å². The molecule has 2 aromatic rings. The van der Waals surface area contributed by atoms with Crippen LogP contribution in [0.15, 0.2) is 41.6 Å². The molecule has 0 saturated carbocycles. The fourth-order valence-corrected chi connectivity index (χ4v) is 3.27. The van der Waals surface area contributed by atoms with Gasteiger partial charge in [-0.1, -0.05) is 18.5 Å². The quantitative estimate of drug-likeness (QED) is 0.381. The Kier molecular flexibility index (Phi) is 6.69. The van der Waals surface area contributed by atoms with Gasteiger partial charge in [-0.2, -0.15) is 0 Å². The number of hydrogen-bond donors (Lipinski definition) is 0. The predicted octanol–water partition coefficient (Wildman–Crippen LogP) is 5.08. The van der Waals surface area contributed by atoms with Gasteiger partial charge < -0.3 is 14.3 Å². The van der Waals surface area contributed by atoms with Crippen LogP contribution in [0.5, 0.6) is 11.5 Å². The maximum Gasteiger partial charge on any atom is 0.365 e. The number of nitrogens with zero attached hydrogens (tertiary/aromatic N) is 1. The topological polar surface area (TPSA) is 57.1 Å². The molecule has 5 nitrogen and oxygen atoms in total. The van der Waals surface area contributed by atoms with Gasteiger partial charge in [0.1, 0.15) is 11.5 Å². The van der Waals surface area contributed by atoms with E-state index in [4.69, 9.17) is 14.3 Å². The summed E-state index contributed by atoms with van der Waals surface area (Å²) >= 11 is 0. The first kappa shape index (κ1) is 19.9. The van der Waals surface area contributed by atoms with Crippen LogP contribution < -0.4 is 9.47 Å². The maximum atomic E-state index is 12.3. The Bertz CT molecular complexity index is 856. The summed E-state index contributed by atoms with van der Waals surface area (Å²) in [5.74, 6) is 1.16. The first-order chi connectivity index (χ1) is 13.6. The molecular formula is C23H27NO4. The van der Waals surface area contributed by atoms with Gasteiger partial charge in [-0.15, -0.1) is 0 Å².